The second-order valence-corrected chi connectivity index (χ2v) is 12.0. The molecule has 0 radical (unpaired) electrons. The monoisotopic (exact) mass is 704 g/mol. The lowest BCUT2D eigenvalue weighted by Gasteiger charge is -2.39. The Kier molecular flexibility index (Phi) is 7.84. The summed E-state index contributed by atoms with van der Waals surface area (Å²) >= 11 is 2.15. The summed E-state index contributed by atoms with van der Waals surface area (Å²) < 4.78 is 25.6. The van der Waals surface area contributed by atoms with E-state index in [0.29, 0.717) is 23.0 Å². The number of fused-ring (bicyclic) bond motifs is 2. The Labute approximate surface area is 272 Å². The van der Waals surface area contributed by atoms with Crippen molar-refractivity contribution in [2.24, 2.45) is 0 Å². The van der Waals surface area contributed by atoms with Gasteiger partial charge in [0.25, 0.3) is 0 Å². The number of methoxy groups -OCH3 is 1. The minimum absolute atomic E-state index is 0.0986. The molecule has 5 aliphatic rings. The summed E-state index contributed by atoms with van der Waals surface area (Å²) in [5.74, 6) is 4.89. The van der Waals surface area contributed by atoms with Crippen LogP contribution in [0, 0.1) is 0 Å². The molecule has 4 aromatic carbocycles. The third kappa shape index (κ3) is 5.06. The Hall–Kier alpha value is -3.47. The van der Waals surface area contributed by atoms with E-state index in [0.717, 1.165) is 67.1 Å². The Morgan fingerprint density at radius 1 is 0.727 bits per heavy atom. The summed E-state index contributed by atoms with van der Waals surface area (Å²) in [5, 5.41) is 10.6. The number of phenols is 1. The second kappa shape index (κ2) is 11.8. The maximum absolute atomic E-state index is 10.6. The first kappa shape index (κ1) is 29.3. The number of benzene rings is 4. The van der Waals surface area contributed by atoms with E-state index in [1.807, 2.05) is 29.2 Å². The van der Waals surface area contributed by atoms with Crippen molar-refractivity contribution in [2.45, 2.75) is 37.8 Å². The van der Waals surface area contributed by atoms with Crippen molar-refractivity contribution in [3.05, 3.63) is 94.0 Å². The van der Waals surface area contributed by atoms with Crippen molar-refractivity contribution in [1.82, 2.24) is 9.80 Å². The largest absolute Gasteiger partial charge is 0.504 e. The van der Waals surface area contributed by atoms with E-state index in [2.05, 4.69) is 76.8 Å². The van der Waals surface area contributed by atoms with Crippen molar-refractivity contribution in [3.8, 4) is 46.0 Å². The number of halogens is 1. The highest BCUT2D eigenvalue weighted by molar-refractivity contribution is 14.1. The summed E-state index contributed by atoms with van der Waals surface area (Å²) in [6, 6.07) is 20.5. The van der Waals surface area contributed by atoms with Gasteiger partial charge in [0, 0.05) is 30.7 Å². The minimum atomic E-state index is 0.0986. The van der Waals surface area contributed by atoms with Crippen LogP contribution in [0.15, 0.2) is 60.7 Å². The lowest BCUT2D eigenvalue weighted by atomic mass is 9.86. The zero-order chi connectivity index (χ0) is 30.5. The van der Waals surface area contributed by atoms with Crippen LogP contribution in [0.4, 0.5) is 0 Å². The molecule has 228 valence electrons. The van der Waals surface area contributed by atoms with E-state index in [4.69, 9.17) is 18.9 Å². The highest BCUT2D eigenvalue weighted by atomic mass is 127. The van der Waals surface area contributed by atoms with E-state index >= 15 is 0 Å². The first-order valence-corrected chi connectivity index (χ1v) is 17.2. The molecule has 0 saturated heterocycles. The molecule has 0 aromatic heterocycles. The quantitative estimate of drug-likeness (QED) is 0.140. The summed E-state index contributed by atoms with van der Waals surface area (Å²) in [7, 11) is 6.05. The van der Waals surface area contributed by atoms with Crippen molar-refractivity contribution >= 4 is 22.6 Å². The molecule has 5 aliphatic heterocycles. The van der Waals surface area contributed by atoms with Gasteiger partial charge in [-0.15, -0.1) is 0 Å². The van der Waals surface area contributed by atoms with Gasteiger partial charge in [-0.1, -0.05) is 40.8 Å². The average molecular weight is 705 g/mol. The van der Waals surface area contributed by atoms with Gasteiger partial charge in [0.1, 0.15) is 5.75 Å². The molecule has 5 heterocycles. The molecule has 44 heavy (non-hydrogen) atoms. The fourth-order valence-electron chi connectivity index (χ4n) is 7.05. The smallest absolute Gasteiger partial charge is 0.212 e. The number of ether oxygens (including phenoxy) is 4. The van der Waals surface area contributed by atoms with Crippen LogP contribution in [0.2, 0.25) is 0 Å². The molecule has 2 atom stereocenters. The standard InChI is InChI=1S/C35H34N2O5.CH3I/c1-36-12-10-22-17-30-31-19-25(22)26(36)15-21-6-9-28(38)29(16-21)40-24-7-4-20(5-8-24)14-27-33-23(11-13-37(27)2)18-32(39-3)34(41-30)35(33)42-31;1-2/h4-9,16-19,26-27,38H,10-15H2,1-3H3;1H3/t26-,27-;/m0./s1. The predicted molar refractivity (Wildman–Crippen MR) is 180 cm³/mol. The molecule has 7 nitrogen and oxygen atoms in total. The topological polar surface area (TPSA) is 63.6 Å². The zero-order valence-corrected chi connectivity index (χ0v) is 27.7. The number of hydrogen-bond donors (Lipinski definition) is 1. The number of alkyl halides is 1. The van der Waals surface area contributed by atoms with Gasteiger partial charge in [-0.3, -0.25) is 9.80 Å². The fourth-order valence-corrected chi connectivity index (χ4v) is 7.05. The zero-order valence-electron chi connectivity index (χ0n) is 25.5. The Bertz CT molecular complexity index is 1720. The van der Waals surface area contributed by atoms with Gasteiger partial charge >= 0.3 is 0 Å². The number of aromatic hydroxyl groups is 1. The highest BCUT2D eigenvalue weighted by Crippen LogP contribution is 2.56. The van der Waals surface area contributed by atoms with Crippen LogP contribution >= 0.6 is 22.6 Å². The van der Waals surface area contributed by atoms with Crippen LogP contribution in [-0.4, -0.2) is 54.1 Å². The van der Waals surface area contributed by atoms with Crippen LogP contribution in [0.25, 0.3) is 0 Å². The molecule has 0 aliphatic carbocycles. The normalized spacial score (nSPS) is 19.8. The van der Waals surface area contributed by atoms with E-state index in [-0.39, 0.29) is 17.8 Å². The number of hydrogen-bond acceptors (Lipinski definition) is 7. The average Bonchev–Trinajstić information content (AvgIpc) is 3.04. The molecule has 1 N–H and O–H groups in total. The maximum Gasteiger partial charge on any atom is 0.212 e. The van der Waals surface area contributed by atoms with Crippen LogP contribution in [0.3, 0.4) is 0 Å². The van der Waals surface area contributed by atoms with E-state index in [1.165, 1.54) is 22.3 Å². The summed E-state index contributed by atoms with van der Waals surface area (Å²) in [4.78, 5) is 6.77. The van der Waals surface area contributed by atoms with Gasteiger partial charge in [0.2, 0.25) is 5.75 Å². The number of nitrogens with zero attached hydrogens (tertiary/aromatic N) is 2. The molecule has 4 aromatic rings. The third-order valence-electron chi connectivity index (χ3n) is 9.43. The van der Waals surface area contributed by atoms with Gasteiger partial charge < -0.3 is 24.1 Å². The summed E-state index contributed by atoms with van der Waals surface area (Å²) in [6.07, 6.45) is 3.41. The van der Waals surface area contributed by atoms with Crippen molar-refractivity contribution in [1.29, 1.82) is 0 Å². The molecule has 0 saturated carbocycles. The first-order valence-electron chi connectivity index (χ1n) is 15.1. The Balaban J connectivity index is 0.00000153. The Morgan fingerprint density at radius 3 is 2.16 bits per heavy atom. The van der Waals surface area contributed by atoms with Crippen molar-refractivity contribution < 1.29 is 24.1 Å². The van der Waals surface area contributed by atoms with Gasteiger partial charge in [0.05, 0.1) is 7.11 Å². The lowest BCUT2D eigenvalue weighted by Crippen LogP contribution is -2.34. The molecule has 0 amide bonds. The first-order chi connectivity index (χ1) is 21.4. The van der Waals surface area contributed by atoms with E-state index < -0.39 is 0 Å². The number of phenolic OH excluding ortho intramolecular Hbond substituents is 1. The number of likely N-dealkylation sites (N-methyl/N-ethyl adjacent to an activating group) is 2. The second-order valence-electron chi connectivity index (χ2n) is 12.0. The predicted octanol–water partition coefficient (Wildman–Crippen LogP) is 8.00. The molecule has 0 spiro atoms. The summed E-state index contributed by atoms with van der Waals surface area (Å²) in [5.41, 5.74) is 7.19. The van der Waals surface area contributed by atoms with E-state index in [9.17, 15) is 5.11 Å². The minimum Gasteiger partial charge on any atom is -0.504 e. The van der Waals surface area contributed by atoms with Crippen LogP contribution < -0.4 is 18.9 Å². The SMILES string of the molecule is CI.COc1cc2c3c4c1Oc1cc5c(cc1O4)[C@H](Cc1ccc(O)c(c1)Oc1ccc(cc1)C[C@@H]3N(C)CC2)N(C)CC5. The summed E-state index contributed by atoms with van der Waals surface area (Å²) in [6.45, 7) is 1.88. The van der Waals surface area contributed by atoms with Crippen LogP contribution in [0.5, 0.6) is 46.0 Å². The van der Waals surface area contributed by atoms with Crippen LogP contribution in [-0.2, 0) is 25.7 Å². The maximum atomic E-state index is 10.6. The molecular weight excluding hydrogens is 667 g/mol. The van der Waals surface area contributed by atoms with Gasteiger partial charge in [-0.2, -0.15) is 0 Å². The lowest BCUT2D eigenvalue weighted by molar-refractivity contribution is 0.218. The fraction of sp³-hybridized carbons (Fsp3) is 0.333. The molecule has 7 bridgehead atoms. The molecule has 9 rings (SSSR count). The molecule has 0 fully saturated rings. The van der Waals surface area contributed by atoms with Gasteiger partial charge in [0.15, 0.2) is 34.5 Å². The van der Waals surface area contributed by atoms with E-state index in [1.54, 1.807) is 13.2 Å². The van der Waals surface area contributed by atoms with Gasteiger partial charge in [-0.25, -0.2) is 0 Å². The highest BCUT2D eigenvalue weighted by Gasteiger charge is 2.37. The van der Waals surface area contributed by atoms with Crippen molar-refractivity contribution in [2.75, 3.05) is 39.2 Å². The molecule has 8 heteroatoms. The van der Waals surface area contributed by atoms with Crippen LogP contribution in [0.1, 0.15) is 45.5 Å². The third-order valence-corrected chi connectivity index (χ3v) is 9.43. The van der Waals surface area contributed by atoms with Gasteiger partial charge in [-0.05, 0) is 115 Å². The van der Waals surface area contributed by atoms with Crippen molar-refractivity contribution in [3.63, 3.8) is 0 Å². The molecule has 0 unspecified atom stereocenters. The number of rotatable bonds is 1. The molecular formula is C36H37IN2O5. The Morgan fingerprint density at radius 2 is 1.39 bits per heavy atom.